The highest BCUT2D eigenvalue weighted by atomic mass is 32.2. The SMILES string of the molecule is Cc1ccc(NC(=O)N(Cc2cccc(OS(C)(=O)=O)c2)Cc2ccco2)c(C)c1. The Morgan fingerprint density at radius 3 is 2.53 bits per heavy atom. The summed E-state index contributed by atoms with van der Waals surface area (Å²) >= 11 is 0. The summed E-state index contributed by atoms with van der Waals surface area (Å²) in [5.74, 6) is 0.831. The van der Waals surface area contributed by atoms with Crippen molar-refractivity contribution in [3.05, 3.63) is 83.3 Å². The van der Waals surface area contributed by atoms with E-state index in [0.29, 0.717) is 5.76 Å². The highest BCUT2D eigenvalue weighted by Gasteiger charge is 2.18. The summed E-state index contributed by atoms with van der Waals surface area (Å²) in [4.78, 5) is 14.6. The van der Waals surface area contributed by atoms with Crippen LogP contribution in [-0.4, -0.2) is 25.6 Å². The topological polar surface area (TPSA) is 88.9 Å². The lowest BCUT2D eigenvalue weighted by atomic mass is 10.1. The molecule has 0 radical (unpaired) electrons. The lowest BCUT2D eigenvalue weighted by molar-refractivity contribution is 0.201. The van der Waals surface area contributed by atoms with Crippen LogP contribution in [0.2, 0.25) is 0 Å². The van der Waals surface area contributed by atoms with Gasteiger partial charge in [-0.2, -0.15) is 8.42 Å². The van der Waals surface area contributed by atoms with Gasteiger partial charge in [-0.05, 0) is 55.3 Å². The molecule has 0 fully saturated rings. The van der Waals surface area contributed by atoms with E-state index in [2.05, 4.69) is 5.32 Å². The Balaban J connectivity index is 1.82. The Kier molecular flexibility index (Phi) is 6.47. The average Bonchev–Trinajstić information content (AvgIpc) is 3.15. The second-order valence-electron chi connectivity index (χ2n) is 7.12. The maximum atomic E-state index is 13.0. The summed E-state index contributed by atoms with van der Waals surface area (Å²) in [6.07, 6.45) is 2.54. The van der Waals surface area contributed by atoms with Crippen LogP contribution in [0.1, 0.15) is 22.5 Å². The molecule has 1 heterocycles. The lowest BCUT2D eigenvalue weighted by Gasteiger charge is -2.23. The van der Waals surface area contributed by atoms with Gasteiger partial charge in [0.05, 0.1) is 19.1 Å². The van der Waals surface area contributed by atoms with Crippen LogP contribution in [0.5, 0.6) is 5.75 Å². The van der Waals surface area contributed by atoms with E-state index in [0.717, 1.165) is 28.6 Å². The van der Waals surface area contributed by atoms with Crippen molar-refractivity contribution in [3.63, 3.8) is 0 Å². The van der Waals surface area contributed by atoms with Crippen molar-refractivity contribution < 1.29 is 21.8 Å². The third kappa shape index (κ3) is 6.12. The lowest BCUT2D eigenvalue weighted by Crippen LogP contribution is -2.34. The van der Waals surface area contributed by atoms with E-state index in [1.54, 1.807) is 47.6 Å². The first-order valence-electron chi connectivity index (χ1n) is 9.33. The zero-order chi connectivity index (χ0) is 21.7. The molecule has 1 N–H and O–H groups in total. The minimum Gasteiger partial charge on any atom is -0.467 e. The fourth-order valence-corrected chi connectivity index (χ4v) is 3.48. The smallest absolute Gasteiger partial charge is 0.322 e. The standard InChI is InChI=1S/C22H24N2O5S/c1-16-9-10-21(17(2)12-16)23-22(25)24(15-20-8-5-11-28-20)14-18-6-4-7-19(13-18)29-30(3,26)27/h4-13H,14-15H2,1-3H3,(H,23,25). The zero-order valence-corrected chi connectivity index (χ0v) is 17.9. The van der Waals surface area contributed by atoms with Gasteiger partial charge in [-0.25, -0.2) is 4.79 Å². The highest BCUT2D eigenvalue weighted by Crippen LogP contribution is 2.20. The quantitative estimate of drug-likeness (QED) is 0.561. The minimum atomic E-state index is -3.64. The van der Waals surface area contributed by atoms with Crippen LogP contribution in [0, 0.1) is 13.8 Å². The van der Waals surface area contributed by atoms with Crippen molar-refractivity contribution in [3.8, 4) is 5.75 Å². The summed E-state index contributed by atoms with van der Waals surface area (Å²) < 4.78 is 33.2. The normalized spacial score (nSPS) is 11.2. The molecular formula is C22H24N2O5S. The summed E-state index contributed by atoms with van der Waals surface area (Å²) in [6.45, 7) is 4.41. The molecule has 0 spiro atoms. The number of carbonyl (C=O) groups is 1. The summed E-state index contributed by atoms with van der Waals surface area (Å²) in [5.41, 5.74) is 3.52. The summed E-state index contributed by atoms with van der Waals surface area (Å²) in [5, 5.41) is 2.94. The Morgan fingerprint density at radius 2 is 1.87 bits per heavy atom. The van der Waals surface area contributed by atoms with Crippen LogP contribution in [0.15, 0.2) is 65.3 Å². The average molecular weight is 429 g/mol. The predicted molar refractivity (Wildman–Crippen MR) is 115 cm³/mol. The summed E-state index contributed by atoms with van der Waals surface area (Å²) in [7, 11) is -3.64. The fraction of sp³-hybridized carbons (Fsp3) is 0.227. The third-order valence-corrected chi connectivity index (χ3v) is 4.85. The monoisotopic (exact) mass is 428 g/mol. The first-order valence-corrected chi connectivity index (χ1v) is 11.2. The molecule has 3 rings (SSSR count). The van der Waals surface area contributed by atoms with Crippen LogP contribution >= 0.6 is 0 Å². The zero-order valence-electron chi connectivity index (χ0n) is 17.1. The van der Waals surface area contributed by atoms with Gasteiger partial charge in [0.1, 0.15) is 11.5 Å². The molecule has 0 saturated heterocycles. The number of rotatable bonds is 7. The van der Waals surface area contributed by atoms with Crippen LogP contribution < -0.4 is 9.50 Å². The third-order valence-electron chi connectivity index (χ3n) is 4.36. The van der Waals surface area contributed by atoms with Crippen molar-refractivity contribution in [1.29, 1.82) is 0 Å². The molecule has 0 aliphatic heterocycles. The van der Waals surface area contributed by atoms with E-state index in [4.69, 9.17) is 8.60 Å². The number of benzene rings is 2. The van der Waals surface area contributed by atoms with Gasteiger partial charge in [0.2, 0.25) is 0 Å². The van der Waals surface area contributed by atoms with Gasteiger partial charge in [-0.3, -0.25) is 0 Å². The van der Waals surface area contributed by atoms with Crippen molar-refractivity contribution >= 4 is 21.8 Å². The van der Waals surface area contributed by atoms with Gasteiger partial charge in [0.15, 0.2) is 0 Å². The van der Waals surface area contributed by atoms with E-state index in [-0.39, 0.29) is 24.9 Å². The molecular weight excluding hydrogens is 404 g/mol. The second-order valence-corrected chi connectivity index (χ2v) is 8.69. The summed E-state index contributed by atoms with van der Waals surface area (Å²) in [6, 6.07) is 15.7. The first kappa shape index (κ1) is 21.4. The van der Waals surface area contributed by atoms with Crippen molar-refractivity contribution in [1.82, 2.24) is 4.90 Å². The van der Waals surface area contributed by atoms with Gasteiger partial charge < -0.3 is 18.8 Å². The van der Waals surface area contributed by atoms with Gasteiger partial charge in [0, 0.05) is 12.2 Å². The van der Waals surface area contributed by atoms with E-state index in [9.17, 15) is 13.2 Å². The molecule has 158 valence electrons. The van der Waals surface area contributed by atoms with Gasteiger partial charge in [0.25, 0.3) is 0 Å². The first-order chi connectivity index (χ1) is 14.2. The van der Waals surface area contributed by atoms with E-state index >= 15 is 0 Å². The molecule has 1 aromatic heterocycles. The number of aryl methyl sites for hydroxylation is 2. The number of nitrogens with zero attached hydrogens (tertiary/aromatic N) is 1. The minimum absolute atomic E-state index is 0.197. The van der Waals surface area contributed by atoms with Crippen molar-refractivity contribution in [2.24, 2.45) is 0 Å². The van der Waals surface area contributed by atoms with Gasteiger partial charge in [-0.1, -0.05) is 29.8 Å². The van der Waals surface area contributed by atoms with E-state index in [1.807, 2.05) is 32.0 Å². The Morgan fingerprint density at radius 1 is 1.07 bits per heavy atom. The Bertz CT molecular complexity index is 1120. The van der Waals surface area contributed by atoms with Crippen LogP contribution in [-0.2, 0) is 23.2 Å². The van der Waals surface area contributed by atoms with E-state index in [1.165, 1.54) is 0 Å². The number of urea groups is 1. The highest BCUT2D eigenvalue weighted by molar-refractivity contribution is 7.86. The number of hydrogen-bond acceptors (Lipinski definition) is 5. The van der Waals surface area contributed by atoms with Crippen molar-refractivity contribution in [2.75, 3.05) is 11.6 Å². The number of furan rings is 1. The van der Waals surface area contributed by atoms with Gasteiger partial charge >= 0.3 is 16.1 Å². The number of nitrogens with one attached hydrogen (secondary N) is 1. The van der Waals surface area contributed by atoms with Gasteiger partial charge in [-0.15, -0.1) is 0 Å². The van der Waals surface area contributed by atoms with Crippen LogP contribution in [0.25, 0.3) is 0 Å². The Hall–Kier alpha value is -3.26. The molecule has 30 heavy (non-hydrogen) atoms. The molecule has 0 atom stereocenters. The largest absolute Gasteiger partial charge is 0.467 e. The predicted octanol–water partition coefficient (Wildman–Crippen LogP) is 4.47. The maximum absolute atomic E-state index is 13.0. The number of anilines is 1. The van der Waals surface area contributed by atoms with Crippen LogP contribution in [0.4, 0.5) is 10.5 Å². The molecule has 0 bridgehead atoms. The van der Waals surface area contributed by atoms with Crippen LogP contribution in [0.3, 0.4) is 0 Å². The number of hydrogen-bond donors (Lipinski definition) is 1. The molecule has 7 nitrogen and oxygen atoms in total. The van der Waals surface area contributed by atoms with Crippen molar-refractivity contribution in [2.45, 2.75) is 26.9 Å². The molecule has 2 amide bonds. The molecule has 2 aromatic carbocycles. The molecule has 0 unspecified atom stereocenters. The molecule has 0 aliphatic rings. The molecule has 8 heteroatoms. The molecule has 0 aliphatic carbocycles. The maximum Gasteiger partial charge on any atom is 0.322 e. The number of amides is 2. The molecule has 3 aromatic rings. The van der Waals surface area contributed by atoms with E-state index < -0.39 is 10.1 Å². The number of carbonyl (C=O) groups excluding carboxylic acids is 1. The second kappa shape index (κ2) is 9.04. The Labute approximate surface area is 176 Å². The fourth-order valence-electron chi connectivity index (χ4n) is 3.03. The molecule has 0 saturated carbocycles.